The number of hydrogen-bond acceptors (Lipinski definition) is 3. The van der Waals surface area contributed by atoms with E-state index in [1.807, 2.05) is 0 Å². The van der Waals surface area contributed by atoms with E-state index in [0.29, 0.717) is 53.6 Å². The van der Waals surface area contributed by atoms with Crippen LogP contribution in [0.5, 0.6) is 0 Å². The van der Waals surface area contributed by atoms with Gasteiger partial charge in [-0.3, -0.25) is 9.59 Å². The fourth-order valence-corrected chi connectivity index (χ4v) is 4.98. The molecule has 6 nitrogen and oxygen atoms in total. The quantitative estimate of drug-likeness (QED) is 0.637. The van der Waals surface area contributed by atoms with Crippen molar-refractivity contribution >= 4 is 16.8 Å². The predicted molar refractivity (Wildman–Crippen MR) is 116 cm³/mol. The third-order valence-electron chi connectivity index (χ3n) is 6.69. The van der Waals surface area contributed by atoms with Gasteiger partial charge in [0.25, 0.3) is 17.4 Å². The molecule has 3 aromatic rings. The van der Waals surface area contributed by atoms with Crippen LogP contribution >= 0.6 is 0 Å². The second-order valence-corrected chi connectivity index (χ2v) is 8.64. The van der Waals surface area contributed by atoms with Gasteiger partial charge in [-0.05, 0) is 43.4 Å². The standard InChI is InChI=1S/C24H25F2N3O3/c1-14(16-3-2-4-20-17(16)5-9-24(20,25)26)28-22(30)19-13-29(15-7-11-32-12-8-15)23(31)18-6-10-27-21(18)19/h2-4,6,10,13-15,27H,5,7-9,11-12H2,1H3,(H,28,30). The molecule has 2 N–H and O–H groups in total. The molecule has 8 heteroatoms. The number of aromatic nitrogens is 2. The van der Waals surface area contributed by atoms with Crippen molar-refractivity contribution in [3.8, 4) is 0 Å². The molecule has 1 saturated heterocycles. The van der Waals surface area contributed by atoms with Crippen molar-refractivity contribution < 1.29 is 18.3 Å². The van der Waals surface area contributed by atoms with E-state index in [4.69, 9.17) is 4.74 Å². The molecule has 1 aliphatic heterocycles. The van der Waals surface area contributed by atoms with Gasteiger partial charge in [0.2, 0.25) is 0 Å². The van der Waals surface area contributed by atoms with E-state index in [2.05, 4.69) is 10.3 Å². The molecule has 1 fully saturated rings. The van der Waals surface area contributed by atoms with Gasteiger partial charge >= 0.3 is 0 Å². The number of hydrogen-bond donors (Lipinski definition) is 2. The topological polar surface area (TPSA) is 76.1 Å². The Morgan fingerprint density at radius 2 is 2.06 bits per heavy atom. The summed E-state index contributed by atoms with van der Waals surface area (Å²) in [4.78, 5) is 29.3. The van der Waals surface area contributed by atoms with E-state index in [1.54, 1.807) is 42.1 Å². The van der Waals surface area contributed by atoms with Crippen LogP contribution in [0.15, 0.2) is 41.5 Å². The molecule has 0 spiro atoms. The van der Waals surface area contributed by atoms with Gasteiger partial charge in [0.15, 0.2) is 0 Å². The SMILES string of the molecule is CC(NC(=O)c1cn(C2CCOCC2)c(=O)c2cc[nH]c12)c1cccc2c1CCC2(F)F. The maximum atomic E-state index is 14.2. The molecule has 0 radical (unpaired) electrons. The second kappa shape index (κ2) is 7.85. The number of aromatic amines is 1. The first-order valence-electron chi connectivity index (χ1n) is 11.0. The minimum Gasteiger partial charge on any atom is -0.381 e. The van der Waals surface area contributed by atoms with Crippen LogP contribution in [-0.4, -0.2) is 28.7 Å². The van der Waals surface area contributed by atoms with Crippen LogP contribution in [-0.2, 0) is 17.1 Å². The number of carbonyl (C=O) groups excluding carboxylic acids is 1. The van der Waals surface area contributed by atoms with Gasteiger partial charge in [0, 0.05) is 43.6 Å². The predicted octanol–water partition coefficient (Wildman–Crippen LogP) is 4.21. The van der Waals surface area contributed by atoms with Gasteiger partial charge in [-0.25, -0.2) is 8.78 Å². The van der Waals surface area contributed by atoms with Crippen molar-refractivity contribution in [3.05, 3.63) is 69.3 Å². The molecule has 0 saturated carbocycles. The van der Waals surface area contributed by atoms with Crippen molar-refractivity contribution in [1.29, 1.82) is 0 Å². The molecule has 1 aliphatic carbocycles. The maximum Gasteiger partial charge on any atom is 0.273 e. The Hall–Kier alpha value is -3.00. The summed E-state index contributed by atoms with van der Waals surface area (Å²) in [6, 6.07) is 6.06. The molecule has 168 valence electrons. The first-order chi connectivity index (χ1) is 15.4. The Labute approximate surface area is 183 Å². The molecule has 2 aliphatic rings. The number of rotatable bonds is 4. The summed E-state index contributed by atoms with van der Waals surface area (Å²) in [6.45, 7) is 2.94. The largest absolute Gasteiger partial charge is 0.381 e. The number of amides is 1. The molecular weight excluding hydrogens is 416 g/mol. The molecule has 3 heterocycles. The molecule has 1 unspecified atom stereocenters. The van der Waals surface area contributed by atoms with Crippen LogP contribution in [0.25, 0.3) is 10.9 Å². The van der Waals surface area contributed by atoms with Crippen LogP contribution in [0.2, 0.25) is 0 Å². The Morgan fingerprint density at radius 1 is 1.28 bits per heavy atom. The van der Waals surface area contributed by atoms with Gasteiger partial charge in [-0.1, -0.05) is 18.2 Å². The van der Waals surface area contributed by atoms with Gasteiger partial charge in [0.05, 0.1) is 22.5 Å². The lowest BCUT2D eigenvalue weighted by molar-refractivity contribution is -0.00185. The first-order valence-corrected chi connectivity index (χ1v) is 11.0. The Morgan fingerprint density at radius 3 is 2.84 bits per heavy atom. The normalized spacial score (nSPS) is 19.1. The minimum atomic E-state index is -2.83. The summed E-state index contributed by atoms with van der Waals surface area (Å²) in [5.74, 6) is -3.18. The van der Waals surface area contributed by atoms with E-state index < -0.39 is 12.0 Å². The first kappa shape index (κ1) is 20.9. The molecule has 1 amide bonds. The van der Waals surface area contributed by atoms with Gasteiger partial charge in [0.1, 0.15) is 0 Å². The highest BCUT2D eigenvalue weighted by atomic mass is 19.3. The zero-order valence-electron chi connectivity index (χ0n) is 17.8. The summed E-state index contributed by atoms with van der Waals surface area (Å²) in [7, 11) is 0. The molecule has 5 rings (SSSR count). The summed E-state index contributed by atoms with van der Waals surface area (Å²) in [5.41, 5.74) is 2.07. The van der Waals surface area contributed by atoms with Crippen LogP contribution in [0.4, 0.5) is 8.78 Å². The number of alkyl halides is 2. The van der Waals surface area contributed by atoms with Crippen LogP contribution in [0.1, 0.15) is 65.3 Å². The van der Waals surface area contributed by atoms with Crippen LogP contribution < -0.4 is 10.9 Å². The van der Waals surface area contributed by atoms with Crippen LogP contribution in [0, 0.1) is 0 Å². The highest BCUT2D eigenvalue weighted by molar-refractivity contribution is 6.05. The monoisotopic (exact) mass is 441 g/mol. The summed E-state index contributed by atoms with van der Waals surface area (Å²) in [5, 5.41) is 3.41. The van der Waals surface area contributed by atoms with Crippen LogP contribution in [0.3, 0.4) is 0 Å². The lowest BCUT2D eigenvalue weighted by Gasteiger charge is -2.25. The summed E-state index contributed by atoms with van der Waals surface area (Å²) in [6.07, 6.45) is 4.75. The smallest absolute Gasteiger partial charge is 0.273 e. The fraction of sp³-hybridized carbons (Fsp3) is 0.417. The number of halogens is 2. The lowest BCUT2D eigenvalue weighted by atomic mass is 9.97. The van der Waals surface area contributed by atoms with Crippen molar-refractivity contribution in [3.63, 3.8) is 0 Å². The van der Waals surface area contributed by atoms with Crippen molar-refractivity contribution in [1.82, 2.24) is 14.9 Å². The van der Waals surface area contributed by atoms with E-state index in [1.165, 1.54) is 6.07 Å². The average molecular weight is 441 g/mol. The Kier molecular flexibility index (Phi) is 5.12. The number of fused-ring (bicyclic) bond motifs is 2. The molecule has 1 aromatic carbocycles. The molecule has 32 heavy (non-hydrogen) atoms. The van der Waals surface area contributed by atoms with E-state index in [0.717, 1.165) is 0 Å². The lowest BCUT2D eigenvalue weighted by Crippen LogP contribution is -2.32. The number of H-pyrrole nitrogens is 1. The highest BCUT2D eigenvalue weighted by Gasteiger charge is 2.40. The van der Waals surface area contributed by atoms with Gasteiger partial charge in [-0.2, -0.15) is 0 Å². The number of ether oxygens (including phenoxy) is 1. The fourth-order valence-electron chi connectivity index (χ4n) is 4.98. The van der Waals surface area contributed by atoms with E-state index in [-0.39, 0.29) is 35.9 Å². The van der Waals surface area contributed by atoms with Crippen molar-refractivity contribution in [2.24, 2.45) is 0 Å². The molecule has 2 aromatic heterocycles. The Balaban J connectivity index is 1.48. The van der Waals surface area contributed by atoms with E-state index >= 15 is 0 Å². The highest BCUT2D eigenvalue weighted by Crippen LogP contribution is 2.43. The molecule has 1 atom stereocenters. The Bertz CT molecular complexity index is 1240. The number of pyridine rings is 1. The number of nitrogens with one attached hydrogen (secondary N) is 2. The molecule has 0 bridgehead atoms. The molecular formula is C24H25F2N3O3. The van der Waals surface area contributed by atoms with Crippen molar-refractivity contribution in [2.75, 3.05) is 13.2 Å². The van der Waals surface area contributed by atoms with Crippen molar-refractivity contribution in [2.45, 2.75) is 50.6 Å². The zero-order chi connectivity index (χ0) is 22.5. The number of benzene rings is 1. The summed E-state index contributed by atoms with van der Waals surface area (Å²) < 4.78 is 35.4. The average Bonchev–Trinajstić information content (AvgIpc) is 3.40. The number of carbonyl (C=O) groups is 1. The zero-order valence-corrected chi connectivity index (χ0v) is 17.8. The van der Waals surface area contributed by atoms with Gasteiger partial charge in [-0.15, -0.1) is 0 Å². The third-order valence-corrected chi connectivity index (χ3v) is 6.69. The maximum absolute atomic E-state index is 14.2. The van der Waals surface area contributed by atoms with E-state index in [9.17, 15) is 18.4 Å². The second-order valence-electron chi connectivity index (χ2n) is 8.64. The summed E-state index contributed by atoms with van der Waals surface area (Å²) >= 11 is 0. The van der Waals surface area contributed by atoms with Gasteiger partial charge < -0.3 is 19.6 Å². The minimum absolute atomic E-state index is 0.0286. The third kappa shape index (κ3) is 3.43. The number of nitrogens with zero attached hydrogens (tertiary/aromatic N) is 1.